The molecule has 1 saturated carbocycles. The number of amides is 1. The average molecular weight is 275 g/mol. The molecule has 0 heterocycles. The summed E-state index contributed by atoms with van der Waals surface area (Å²) in [6.45, 7) is 5.40. The van der Waals surface area contributed by atoms with E-state index < -0.39 is 11.9 Å². The van der Waals surface area contributed by atoms with Gasteiger partial charge in [0.2, 0.25) is 5.91 Å². The van der Waals surface area contributed by atoms with Crippen molar-refractivity contribution in [2.75, 3.05) is 0 Å². The molecular weight excluding hydrogens is 254 g/mol. The van der Waals surface area contributed by atoms with E-state index in [1.165, 1.54) is 11.1 Å². The number of hydrogen-bond donors (Lipinski definition) is 2. The van der Waals surface area contributed by atoms with Gasteiger partial charge in [0.1, 0.15) is 0 Å². The van der Waals surface area contributed by atoms with Crippen molar-refractivity contribution in [3.63, 3.8) is 0 Å². The van der Waals surface area contributed by atoms with Crippen LogP contribution in [0, 0.1) is 18.8 Å². The molecule has 1 amide bonds. The highest BCUT2D eigenvalue weighted by molar-refractivity contribution is 5.84. The summed E-state index contributed by atoms with van der Waals surface area (Å²) in [5.41, 5.74) is 2.44. The van der Waals surface area contributed by atoms with Crippen LogP contribution in [0.1, 0.15) is 37.3 Å². The van der Waals surface area contributed by atoms with Crippen molar-refractivity contribution in [2.45, 2.75) is 39.2 Å². The standard InChI is InChI=1S/C16H21NO3/c1-9-6-4-5-7-12(9)13-8-14(13)15(18)17-11(3)10(2)16(19)20/h4-7,10-11,13-14H,8H2,1-3H3,(H,17,18)(H,19,20). The predicted octanol–water partition coefficient (Wildman–Crippen LogP) is 2.32. The smallest absolute Gasteiger partial charge is 0.308 e. The zero-order valence-corrected chi connectivity index (χ0v) is 12.1. The topological polar surface area (TPSA) is 66.4 Å². The van der Waals surface area contributed by atoms with Crippen molar-refractivity contribution in [2.24, 2.45) is 11.8 Å². The van der Waals surface area contributed by atoms with E-state index in [1.54, 1.807) is 13.8 Å². The van der Waals surface area contributed by atoms with Crippen LogP contribution >= 0.6 is 0 Å². The number of carbonyl (C=O) groups is 2. The number of aliphatic carboxylic acids is 1. The molecule has 4 unspecified atom stereocenters. The first-order chi connectivity index (χ1) is 9.41. The van der Waals surface area contributed by atoms with Gasteiger partial charge in [0.15, 0.2) is 0 Å². The third-order valence-electron chi connectivity index (χ3n) is 4.22. The summed E-state index contributed by atoms with van der Waals surface area (Å²) >= 11 is 0. The largest absolute Gasteiger partial charge is 0.481 e. The summed E-state index contributed by atoms with van der Waals surface area (Å²) in [6, 6.07) is 7.75. The summed E-state index contributed by atoms with van der Waals surface area (Å²) in [5.74, 6) is -1.22. The summed E-state index contributed by atoms with van der Waals surface area (Å²) in [4.78, 5) is 23.0. The SMILES string of the molecule is Cc1ccccc1C1CC1C(=O)NC(C)C(C)C(=O)O. The lowest BCUT2D eigenvalue weighted by molar-refractivity contribution is -0.142. The lowest BCUT2D eigenvalue weighted by Gasteiger charge is -2.17. The minimum absolute atomic E-state index is 0.0143. The van der Waals surface area contributed by atoms with E-state index in [4.69, 9.17) is 5.11 Å². The zero-order chi connectivity index (χ0) is 14.9. The molecule has 4 atom stereocenters. The van der Waals surface area contributed by atoms with Crippen LogP contribution < -0.4 is 5.32 Å². The summed E-state index contributed by atoms with van der Waals surface area (Å²) in [6.07, 6.45) is 0.852. The van der Waals surface area contributed by atoms with Crippen LogP contribution in [0.15, 0.2) is 24.3 Å². The summed E-state index contributed by atoms with van der Waals surface area (Å²) < 4.78 is 0. The number of nitrogens with one attached hydrogen (secondary N) is 1. The van der Waals surface area contributed by atoms with E-state index in [0.717, 1.165) is 6.42 Å². The molecule has 0 bridgehead atoms. The molecule has 4 nitrogen and oxygen atoms in total. The molecule has 1 fully saturated rings. The Morgan fingerprint density at radius 3 is 2.55 bits per heavy atom. The normalized spacial score (nSPS) is 23.8. The van der Waals surface area contributed by atoms with Gasteiger partial charge in [0, 0.05) is 12.0 Å². The Hall–Kier alpha value is -1.84. The number of carbonyl (C=O) groups excluding carboxylic acids is 1. The van der Waals surface area contributed by atoms with E-state index in [1.807, 2.05) is 12.1 Å². The Kier molecular flexibility index (Phi) is 4.12. The first-order valence-corrected chi connectivity index (χ1v) is 7.00. The van der Waals surface area contributed by atoms with Crippen molar-refractivity contribution in [3.05, 3.63) is 35.4 Å². The Bertz CT molecular complexity index is 526. The van der Waals surface area contributed by atoms with Gasteiger partial charge in [-0.05, 0) is 44.2 Å². The maximum absolute atomic E-state index is 12.1. The van der Waals surface area contributed by atoms with Gasteiger partial charge in [-0.1, -0.05) is 24.3 Å². The molecule has 20 heavy (non-hydrogen) atoms. The van der Waals surface area contributed by atoms with E-state index in [9.17, 15) is 9.59 Å². The molecule has 4 heteroatoms. The Morgan fingerprint density at radius 2 is 1.95 bits per heavy atom. The Morgan fingerprint density at radius 1 is 1.30 bits per heavy atom. The fourth-order valence-electron chi connectivity index (χ4n) is 2.50. The number of rotatable bonds is 5. The van der Waals surface area contributed by atoms with Gasteiger partial charge >= 0.3 is 5.97 Å². The fourth-order valence-corrected chi connectivity index (χ4v) is 2.50. The number of carboxylic acids is 1. The molecule has 0 spiro atoms. The van der Waals surface area contributed by atoms with Gasteiger partial charge in [0.25, 0.3) is 0 Å². The second-order valence-corrected chi connectivity index (χ2v) is 5.73. The van der Waals surface area contributed by atoms with E-state index in [2.05, 4.69) is 24.4 Å². The van der Waals surface area contributed by atoms with Crippen LogP contribution in [0.3, 0.4) is 0 Å². The van der Waals surface area contributed by atoms with E-state index in [-0.39, 0.29) is 23.8 Å². The highest BCUT2D eigenvalue weighted by Crippen LogP contribution is 2.48. The van der Waals surface area contributed by atoms with Crippen LogP contribution in [0.2, 0.25) is 0 Å². The van der Waals surface area contributed by atoms with Crippen LogP contribution in [-0.4, -0.2) is 23.0 Å². The molecule has 0 saturated heterocycles. The number of carboxylic acid groups (broad SMARTS) is 1. The first kappa shape index (κ1) is 14.6. The van der Waals surface area contributed by atoms with Crippen molar-refractivity contribution in [1.82, 2.24) is 5.32 Å². The third-order valence-corrected chi connectivity index (χ3v) is 4.22. The molecule has 1 aliphatic rings. The summed E-state index contributed by atoms with van der Waals surface area (Å²) in [5, 5.41) is 11.8. The fraction of sp³-hybridized carbons (Fsp3) is 0.500. The Labute approximate surface area is 119 Å². The van der Waals surface area contributed by atoms with Gasteiger partial charge in [-0.15, -0.1) is 0 Å². The van der Waals surface area contributed by atoms with Gasteiger partial charge in [-0.25, -0.2) is 0 Å². The minimum Gasteiger partial charge on any atom is -0.481 e. The van der Waals surface area contributed by atoms with Crippen molar-refractivity contribution >= 4 is 11.9 Å². The lowest BCUT2D eigenvalue weighted by atomic mass is 10.0. The van der Waals surface area contributed by atoms with Crippen molar-refractivity contribution in [3.8, 4) is 0 Å². The maximum atomic E-state index is 12.1. The molecule has 2 rings (SSSR count). The monoisotopic (exact) mass is 275 g/mol. The molecular formula is C16H21NO3. The van der Waals surface area contributed by atoms with E-state index in [0.29, 0.717) is 0 Å². The number of aryl methyl sites for hydroxylation is 1. The molecule has 1 aromatic rings. The van der Waals surface area contributed by atoms with Gasteiger partial charge in [0.05, 0.1) is 5.92 Å². The molecule has 1 aliphatic carbocycles. The Balaban J connectivity index is 1.94. The molecule has 1 aromatic carbocycles. The van der Waals surface area contributed by atoms with Crippen LogP contribution in [-0.2, 0) is 9.59 Å². The molecule has 0 aliphatic heterocycles. The van der Waals surface area contributed by atoms with Crippen LogP contribution in [0.4, 0.5) is 0 Å². The predicted molar refractivity (Wildman–Crippen MR) is 76.4 cm³/mol. The van der Waals surface area contributed by atoms with E-state index >= 15 is 0 Å². The minimum atomic E-state index is -0.885. The van der Waals surface area contributed by atoms with Gasteiger partial charge in [-0.2, -0.15) is 0 Å². The second kappa shape index (κ2) is 5.65. The zero-order valence-electron chi connectivity index (χ0n) is 12.1. The highest BCUT2D eigenvalue weighted by atomic mass is 16.4. The van der Waals surface area contributed by atoms with Gasteiger partial charge < -0.3 is 10.4 Å². The first-order valence-electron chi connectivity index (χ1n) is 7.00. The molecule has 2 N–H and O–H groups in total. The quantitative estimate of drug-likeness (QED) is 0.866. The van der Waals surface area contributed by atoms with Gasteiger partial charge in [-0.3, -0.25) is 9.59 Å². The number of hydrogen-bond acceptors (Lipinski definition) is 2. The molecule has 0 radical (unpaired) electrons. The summed E-state index contributed by atoms with van der Waals surface area (Å²) in [7, 11) is 0. The van der Waals surface area contributed by atoms with Crippen LogP contribution in [0.25, 0.3) is 0 Å². The lowest BCUT2D eigenvalue weighted by Crippen LogP contribution is -2.40. The van der Waals surface area contributed by atoms with Crippen molar-refractivity contribution in [1.29, 1.82) is 0 Å². The highest BCUT2D eigenvalue weighted by Gasteiger charge is 2.45. The second-order valence-electron chi connectivity index (χ2n) is 5.73. The maximum Gasteiger partial charge on any atom is 0.308 e. The van der Waals surface area contributed by atoms with Crippen molar-refractivity contribution < 1.29 is 14.7 Å². The molecule has 108 valence electrons. The number of benzene rings is 1. The third kappa shape index (κ3) is 3.00. The molecule has 0 aromatic heterocycles. The van der Waals surface area contributed by atoms with Crippen LogP contribution in [0.5, 0.6) is 0 Å². The average Bonchev–Trinajstić information content (AvgIpc) is 3.18.